The highest BCUT2D eigenvalue weighted by Gasteiger charge is 2.43. The summed E-state index contributed by atoms with van der Waals surface area (Å²) >= 11 is 0. The first-order chi connectivity index (χ1) is 8.23. The summed E-state index contributed by atoms with van der Waals surface area (Å²) in [5.41, 5.74) is 0.517. The maximum Gasteiger partial charge on any atom is 0.0471 e. The minimum atomic E-state index is -0.642. The maximum absolute atomic E-state index is 11.0. The van der Waals surface area contributed by atoms with Crippen LogP contribution in [0.25, 0.3) is 0 Å². The van der Waals surface area contributed by atoms with Gasteiger partial charge in [0, 0.05) is 42.1 Å². The van der Waals surface area contributed by atoms with Gasteiger partial charge in [-0.05, 0) is 44.1 Å². The van der Waals surface area contributed by atoms with Crippen molar-refractivity contribution in [1.29, 1.82) is 0 Å². The van der Waals surface area contributed by atoms with E-state index in [0.29, 0.717) is 11.5 Å². The second-order valence-corrected chi connectivity index (χ2v) is 7.06. The Labute approximate surface area is 107 Å². The molecule has 0 aromatic rings. The van der Waals surface area contributed by atoms with Crippen molar-refractivity contribution in [3.63, 3.8) is 0 Å². The predicted octanol–water partition coefficient (Wildman–Crippen LogP) is 1.69. The highest BCUT2D eigenvalue weighted by molar-refractivity contribution is 7.84. The third-order valence-electron chi connectivity index (χ3n) is 4.39. The van der Waals surface area contributed by atoms with Gasteiger partial charge >= 0.3 is 0 Å². The van der Waals surface area contributed by atoms with Gasteiger partial charge < -0.3 is 10.1 Å². The second-order valence-electron chi connectivity index (χ2n) is 5.50. The molecule has 1 N–H and O–H groups in total. The lowest BCUT2D eigenvalue weighted by molar-refractivity contribution is 0.00454. The highest BCUT2D eigenvalue weighted by atomic mass is 32.2. The molecule has 2 unspecified atom stereocenters. The van der Waals surface area contributed by atoms with Crippen molar-refractivity contribution < 1.29 is 8.95 Å². The normalized spacial score (nSPS) is 29.6. The summed E-state index contributed by atoms with van der Waals surface area (Å²) in [6.45, 7) is 2.90. The fourth-order valence-electron chi connectivity index (χ4n) is 3.39. The monoisotopic (exact) mass is 259 g/mol. The molecule has 0 amide bonds. The van der Waals surface area contributed by atoms with Gasteiger partial charge in [0.25, 0.3) is 0 Å². The summed E-state index contributed by atoms with van der Waals surface area (Å²) in [5.74, 6) is 0.829. The van der Waals surface area contributed by atoms with E-state index in [-0.39, 0.29) is 0 Å². The molecule has 3 nitrogen and oxygen atoms in total. The van der Waals surface area contributed by atoms with Crippen LogP contribution in [-0.4, -0.2) is 42.0 Å². The molecule has 2 atom stereocenters. The lowest BCUT2D eigenvalue weighted by Crippen LogP contribution is -2.45. The number of ether oxygens (including phenoxy) is 1. The van der Waals surface area contributed by atoms with Crippen LogP contribution >= 0.6 is 0 Å². The Morgan fingerprint density at radius 2 is 2.12 bits per heavy atom. The summed E-state index contributed by atoms with van der Waals surface area (Å²) < 4.78 is 16.5. The van der Waals surface area contributed by atoms with Gasteiger partial charge in [-0.1, -0.05) is 6.42 Å². The molecule has 2 rings (SSSR count). The zero-order valence-electron chi connectivity index (χ0n) is 10.9. The molecular formula is C13H25NO2S. The molecule has 2 aliphatic rings. The largest absolute Gasteiger partial charge is 0.381 e. The Kier molecular flexibility index (Phi) is 5.00. The molecule has 17 heavy (non-hydrogen) atoms. The number of hydrogen-bond acceptors (Lipinski definition) is 3. The molecule has 1 aliphatic heterocycles. The average molecular weight is 259 g/mol. The molecular weight excluding hydrogens is 234 g/mol. The Morgan fingerprint density at radius 3 is 2.82 bits per heavy atom. The van der Waals surface area contributed by atoms with Gasteiger partial charge in [-0.3, -0.25) is 4.21 Å². The first-order valence-electron chi connectivity index (χ1n) is 6.84. The van der Waals surface area contributed by atoms with E-state index in [1.54, 1.807) is 6.26 Å². The van der Waals surface area contributed by atoms with Gasteiger partial charge in [-0.2, -0.15) is 0 Å². The van der Waals surface area contributed by atoms with Crippen LogP contribution in [0.3, 0.4) is 0 Å². The Balaban J connectivity index is 1.76. The lowest BCUT2D eigenvalue weighted by atomic mass is 9.75. The molecule has 1 saturated carbocycles. The van der Waals surface area contributed by atoms with E-state index in [4.69, 9.17) is 4.74 Å². The molecule has 0 aromatic heterocycles. The highest BCUT2D eigenvalue weighted by Crippen LogP contribution is 2.45. The van der Waals surface area contributed by atoms with Crippen LogP contribution in [0.5, 0.6) is 0 Å². The predicted molar refractivity (Wildman–Crippen MR) is 71.7 cm³/mol. The standard InChI is InChI=1S/C13H25NO2S/c1-17(15)11-3-8-14-12-4-2-5-13(12)6-9-16-10-7-13/h12,14H,2-11H2,1H3. The van der Waals surface area contributed by atoms with E-state index >= 15 is 0 Å². The SMILES string of the molecule is CS(=O)CCCNC1CCCC12CCOCC2. The van der Waals surface area contributed by atoms with E-state index in [1.165, 1.54) is 32.1 Å². The van der Waals surface area contributed by atoms with Crippen molar-refractivity contribution in [1.82, 2.24) is 5.32 Å². The van der Waals surface area contributed by atoms with Gasteiger partial charge in [0.15, 0.2) is 0 Å². The summed E-state index contributed by atoms with van der Waals surface area (Å²) in [6, 6.07) is 0.677. The number of rotatable bonds is 5. The fourth-order valence-corrected chi connectivity index (χ4v) is 3.94. The zero-order valence-corrected chi connectivity index (χ0v) is 11.7. The first kappa shape index (κ1) is 13.5. The topological polar surface area (TPSA) is 38.3 Å². The van der Waals surface area contributed by atoms with Crippen molar-refractivity contribution in [3.05, 3.63) is 0 Å². The molecule has 4 heteroatoms. The van der Waals surface area contributed by atoms with Crippen LogP contribution in [-0.2, 0) is 15.5 Å². The van der Waals surface area contributed by atoms with E-state index in [1.807, 2.05) is 0 Å². The first-order valence-corrected chi connectivity index (χ1v) is 8.57. The second kappa shape index (κ2) is 6.30. The minimum absolute atomic E-state index is 0.517. The van der Waals surface area contributed by atoms with Crippen molar-refractivity contribution in [2.45, 2.75) is 44.6 Å². The smallest absolute Gasteiger partial charge is 0.0471 e. The van der Waals surface area contributed by atoms with Crippen LogP contribution in [0.2, 0.25) is 0 Å². The van der Waals surface area contributed by atoms with Crippen molar-refractivity contribution >= 4 is 10.8 Å². The molecule has 2 fully saturated rings. The van der Waals surface area contributed by atoms with Crippen LogP contribution in [0.15, 0.2) is 0 Å². The molecule has 1 spiro atoms. The molecule has 1 heterocycles. The summed E-state index contributed by atoms with van der Waals surface area (Å²) in [4.78, 5) is 0. The van der Waals surface area contributed by atoms with Crippen LogP contribution in [0, 0.1) is 5.41 Å². The van der Waals surface area contributed by atoms with Gasteiger partial charge in [0.05, 0.1) is 0 Å². The van der Waals surface area contributed by atoms with Gasteiger partial charge in [0.1, 0.15) is 0 Å². The van der Waals surface area contributed by atoms with Crippen LogP contribution < -0.4 is 5.32 Å². The van der Waals surface area contributed by atoms with Crippen molar-refractivity contribution in [2.75, 3.05) is 31.8 Å². The molecule has 1 saturated heterocycles. The lowest BCUT2D eigenvalue weighted by Gasteiger charge is -2.39. The van der Waals surface area contributed by atoms with E-state index < -0.39 is 10.8 Å². The van der Waals surface area contributed by atoms with Crippen molar-refractivity contribution in [3.8, 4) is 0 Å². The zero-order chi connectivity index (χ0) is 12.1. The average Bonchev–Trinajstić information content (AvgIpc) is 2.68. The molecule has 0 radical (unpaired) electrons. The molecule has 1 aliphatic carbocycles. The Bertz CT molecular complexity index is 264. The summed E-state index contributed by atoms with van der Waals surface area (Å²) in [6.07, 6.45) is 9.32. The Morgan fingerprint density at radius 1 is 1.35 bits per heavy atom. The third kappa shape index (κ3) is 3.52. The molecule has 100 valence electrons. The summed E-state index contributed by atoms with van der Waals surface area (Å²) in [5, 5.41) is 3.71. The minimum Gasteiger partial charge on any atom is -0.381 e. The van der Waals surface area contributed by atoms with Crippen LogP contribution in [0.1, 0.15) is 38.5 Å². The fraction of sp³-hybridized carbons (Fsp3) is 1.00. The van der Waals surface area contributed by atoms with Crippen LogP contribution in [0.4, 0.5) is 0 Å². The van der Waals surface area contributed by atoms with Gasteiger partial charge in [-0.15, -0.1) is 0 Å². The third-order valence-corrected chi connectivity index (χ3v) is 5.26. The number of hydrogen-bond donors (Lipinski definition) is 1. The molecule has 0 bridgehead atoms. The molecule has 0 aromatic carbocycles. The van der Waals surface area contributed by atoms with E-state index in [2.05, 4.69) is 5.32 Å². The van der Waals surface area contributed by atoms with E-state index in [0.717, 1.165) is 31.9 Å². The summed E-state index contributed by atoms with van der Waals surface area (Å²) in [7, 11) is -0.642. The number of nitrogens with one attached hydrogen (secondary N) is 1. The van der Waals surface area contributed by atoms with E-state index in [9.17, 15) is 4.21 Å². The maximum atomic E-state index is 11.0. The quantitative estimate of drug-likeness (QED) is 0.764. The van der Waals surface area contributed by atoms with Gasteiger partial charge in [0.2, 0.25) is 0 Å². The van der Waals surface area contributed by atoms with Gasteiger partial charge in [-0.25, -0.2) is 0 Å². The van der Waals surface area contributed by atoms with Crippen molar-refractivity contribution in [2.24, 2.45) is 5.41 Å². The Hall–Kier alpha value is 0.0700.